The van der Waals surface area contributed by atoms with E-state index in [0.717, 1.165) is 24.9 Å². The summed E-state index contributed by atoms with van der Waals surface area (Å²) < 4.78 is 0. The molecule has 1 N–H and O–H groups in total. The first kappa shape index (κ1) is 14.0. The first-order valence-electron chi connectivity index (χ1n) is 8.15. The van der Waals surface area contributed by atoms with Crippen LogP contribution in [0.1, 0.15) is 38.8 Å². The van der Waals surface area contributed by atoms with Crippen molar-refractivity contribution in [2.45, 2.75) is 51.7 Å². The average Bonchev–Trinajstić information content (AvgIpc) is 3.32. The largest absolute Gasteiger partial charge is 0.311 e. The summed E-state index contributed by atoms with van der Waals surface area (Å²) in [6.45, 7) is 8.02. The van der Waals surface area contributed by atoms with Crippen molar-refractivity contribution in [1.29, 1.82) is 0 Å². The second-order valence-corrected chi connectivity index (χ2v) is 6.56. The molecule has 1 saturated carbocycles. The highest BCUT2D eigenvalue weighted by atomic mass is 15.2. The molecule has 3 unspecified atom stereocenters. The Hall–Kier alpha value is -0.930. The van der Waals surface area contributed by atoms with Crippen LogP contribution in [0.2, 0.25) is 0 Å². The third kappa shape index (κ3) is 3.21. The van der Waals surface area contributed by atoms with Crippen LogP contribution >= 0.6 is 0 Å². The van der Waals surface area contributed by atoms with Gasteiger partial charge in [0.15, 0.2) is 0 Å². The van der Waals surface area contributed by atoms with Gasteiger partial charge in [-0.05, 0) is 36.8 Å². The van der Waals surface area contributed by atoms with E-state index < -0.39 is 0 Å². The van der Waals surface area contributed by atoms with E-state index in [4.69, 9.17) is 0 Å². The third-order valence-electron chi connectivity index (χ3n) is 5.07. The third-order valence-corrected chi connectivity index (χ3v) is 5.07. The number of aromatic nitrogens is 1. The van der Waals surface area contributed by atoms with Crippen molar-refractivity contribution in [2.24, 2.45) is 11.8 Å². The summed E-state index contributed by atoms with van der Waals surface area (Å²) in [5, 5.41) is 3.80. The summed E-state index contributed by atoms with van der Waals surface area (Å²) in [7, 11) is 0. The fraction of sp³-hybridized carbons (Fsp3) is 0.706. The molecule has 1 aliphatic carbocycles. The standard InChI is InChI=1S/C17H27N3/c1-3-13(2)17-10-19-16(14-7-8-14)12-20(17)11-15-6-4-5-9-18-15/h4-6,9,13-14,16-17,19H,3,7-8,10-12H2,1-2H3. The van der Waals surface area contributed by atoms with E-state index in [2.05, 4.69) is 41.2 Å². The fourth-order valence-corrected chi connectivity index (χ4v) is 3.38. The maximum absolute atomic E-state index is 4.52. The minimum atomic E-state index is 0.650. The van der Waals surface area contributed by atoms with E-state index in [0.29, 0.717) is 12.1 Å². The summed E-state index contributed by atoms with van der Waals surface area (Å²) in [6, 6.07) is 7.61. The lowest BCUT2D eigenvalue weighted by Gasteiger charge is -2.43. The topological polar surface area (TPSA) is 28.2 Å². The molecule has 1 aliphatic heterocycles. The fourth-order valence-electron chi connectivity index (χ4n) is 3.38. The second kappa shape index (κ2) is 6.23. The second-order valence-electron chi connectivity index (χ2n) is 6.56. The molecule has 3 atom stereocenters. The first-order chi connectivity index (χ1) is 9.78. The number of piperazine rings is 1. The van der Waals surface area contributed by atoms with Gasteiger partial charge in [-0.15, -0.1) is 0 Å². The van der Waals surface area contributed by atoms with Gasteiger partial charge in [-0.25, -0.2) is 0 Å². The van der Waals surface area contributed by atoms with E-state index in [1.165, 1.54) is 31.5 Å². The van der Waals surface area contributed by atoms with E-state index in [-0.39, 0.29) is 0 Å². The molecule has 0 amide bonds. The maximum Gasteiger partial charge on any atom is 0.0544 e. The molecule has 1 saturated heterocycles. The molecule has 1 aromatic heterocycles. The molecule has 3 heteroatoms. The summed E-state index contributed by atoms with van der Waals surface area (Å²) in [4.78, 5) is 7.19. The Morgan fingerprint density at radius 1 is 1.40 bits per heavy atom. The highest BCUT2D eigenvalue weighted by Crippen LogP contribution is 2.35. The zero-order valence-corrected chi connectivity index (χ0v) is 12.8. The number of hydrogen-bond donors (Lipinski definition) is 1. The SMILES string of the molecule is CCC(C)C1CNC(C2CC2)CN1Cc1ccccn1. The van der Waals surface area contributed by atoms with Gasteiger partial charge in [0.05, 0.1) is 5.69 Å². The predicted molar refractivity (Wildman–Crippen MR) is 82.4 cm³/mol. The van der Waals surface area contributed by atoms with Crippen molar-refractivity contribution >= 4 is 0 Å². The average molecular weight is 273 g/mol. The first-order valence-corrected chi connectivity index (χ1v) is 8.15. The molecule has 1 aromatic rings. The molecule has 2 aliphatic rings. The number of nitrogens with zero attached hydrogens (tertiary/aromatic N) is 2. The van der Waals surface area contributed by atoms with Crippen LogP contribution in [0.25, 0.3) is 0 Å². The van der Waals surface area contributed by atoms with Gasteiger partial charge in [-0.2, -0.15) is 0 Å². The smallest absolute Gasteiger partial charge is 0.0544 e. The molecule has 0 bridgehead atoms. The Bertz CT molecular complexity index is 416. The zero-order chi connectivity index (χ0) is 13.9. The van der Waals surface area contributed by atoms with E-state index in [1.807, 2.05) is 12.3 Å². The summed E-state index contributed by atoms with van der Waals surface area (Å²) in [6.07, 6.45) is 6.00. The molecular formula is C17H27N3. The van der Waals surface area contributed by atoms with Gasteiger partial charge < -0.3 is 5.32 Å². The van der Waals surface area contributed by atoms with Gasteiger partial charge in [-0.3, -0.25) is 9.88 Å². The van der Waals surface area contributed by atoms with Gasteiger partial charge in [0, 0.05) is 37.9 Å². The summed E-state index contributed by atoms with van der Waals surface area (Å²) >= 11 is 0. The molecule has 0 aromatic carbocycles. The van der Waals surface area contributed by atoms with Crippen LogP contribution in [-0.4, -0.2) is 35.1 Å². The van der Waals surface area contributed by atoms with Gasteiger partial charge in [0.2, 0.25) is 0 Å². The molecule has 2 fully saturated rings. The normalized spacial score (nSPS) is 29.3. The van der Waals surface area contributed by atoms with Gasteiger partial charge in [0.1, 0.15) is 0 Å². The van der Waals surface area contributed by atoms with Crippen LogP contribution in [0, 0.1) is 11.8 Å². The van der Waals surface area contributed by atoms with Crippen LogP contribution in [0.3, 0.4) is 0 Å². The lowest BCUT2D eigenvalue weighted by atomic mass is 9.93. The molecule has 3 rings (SSSR count). The van der Waals surface area contributed by atoms with Crippen LogP contribution in [0.5, 0.6) is 0 Å². The minimum Gasteiger partial charge on any atom is -0.311 e. The van der Waals surface area contributed by atoms with Crippen molar-refractivity contribution in [3.05, 3.63) is 30.1 Å². The molecule has 20 heavy (non-hydrogen) atoms. The Kier molecular flexibility index (Phi) is 4.37. The lowest BCUT2D eigenvalue weighted by molar-refractivity contribution is 0.0775. The van der Waals surface area contributed by atoms with Crippen LogP contribution < -0.4 is 5.32 Å². The van der Waals surface area contributed by atoms with Gasteiger partial charge in [-0.1, -0.05) is 26.3 Å². The number of nitrogens with one attached hydrogen (secondary N) is 1. The lowest BCUT2D eigenvalue weighted by Crippen LogP contribution is -2.58. The molecule has 0 radical (unpaired) electrons. The van der Waals surface area contributed by atoms with Crippen molar-refractivity contribution in [2.75, 3.05) is 13.1 Å². The van der Waals surface area contributed by atoms with E-state index in [9.17, 15) is 0 Å². The zero-order valence-electron chi connectivity index (χ0n) is 12.8. The van der Waals surface area contributed by atoms with Gasteiger partial charge in [0.25, 0.3) is 0 Å². The van der Waals surface area contributed by atoms with E-state index >= 15 is 0 Å². The summed E-state index contributed by atoms with van der Waals surface area (Å²) in [5.74, 6) is 1.67. The van der Waals surface area contributed by atoms with Crippen LogP contribution in [0.15, 0.2) is 24.4 Å². The highest BCUT2D eigenvalue weighted by molar-refractivity contribution is 5.05. The summed E-state index contributed by atoms with van der Waals surface area (Å²) in [5.41, 5.74) is 1.21. The molecule has 110 valence electrons. The number of hydrogen-bond acceptors (Lipinski definition) is 3. The monoisotopic (exact) mass is 273 g/mol. The molecular weight excluding hydrogens is 246 g/mol. The Balaban J connectivity index is 1.70. The highest BCUT2D eigenvalue weighted by Gasteiger charge is 2.38. The van der Waals surface area contributed by atoms with Gasteiger partial charge >= 0.3 is 0 Å². The van der Waals surface area contributed by atoms with Crippen molar-refractivity contribution in [3.8, 4) is 0 Å². The van der Waals surface area contributed by atoms with Crippen molar-refractivity contribution in [3.63, 3.8) is 0 Å². The predicted octanol–water partition coefficient (Wildman–Crippen LogP) is 2.68. The minimum absolute atomic E-state index is 0.650. The Morgan fingerprint density at radius 2 is 2.25 bits per heavy atom. The number of pyridine rings is 1. The van der Waals surface area contributed by atoms with Crippen molar-refractivity contribution < 1.29 is 0 Å². The molecule has 2 heterocycles. The van der Waals surface area contributed by atoms with E-state index in [1.54, 1.807) is 0 Å². The Labute approximate surface area is 122 Å². The molecule has 0 spiro atoms. The number of rotatable bonds is 5. The van der Waals surface area contributed by atoms with Crippen molar-refractivity contribution in [1.82, 2.24) is 15.2 Å². The van der Waals surface area contributed by atoms with Crippen LogP contribution in [0.4, 0.5) is 0 Å². The quantitative estimate of drug-likeness (QED) is 0.894. The van der Waals surface area contributed by atoms with Crippen LogP contribution in [-0.2, 0) is 6.54 Å². The Morgan fingerprint density at radius 3 is 2.90 bits per heavy atom. The molecule has 3 nitrogen and oxygen atoms in total. The maximum atomic E-state index is 4.52.